The molecule has 6 nitrogen and oxygen atoms in total. The van der Waals surface area contributed by atoms with Crippen LogP contribution in [0.15, 0.2) is 77.9 Å². The zero-order valence-corrected chi connectivity index (χ0v) is 17.8. The summed E-state index contributed by atoms with van der Waals surface area (Å²) in [6.07, 6.45) is 1.79. The van der Waals surface area contributed by atoms with Crippen LogP contribution in [0.4, 0.5) is 5.82 Å². The van der Waals surface area contributed by atoms with Crippen LogP contribution in [0, 0.1) is 0 Å². The minimum absolute atomic E-state index is 0.205. The first-order valence-corrected chi connectivity index (χ1v) is 11.2. The number of amides is 2. The molecule has 0 atom stereocenters. The standard InChI is InChI=1S/C24H22N4O2S/c29-23-21(19-9-6-16-31-19)22(24(30)28(23)17-18-7-2-1-3-8-18)27-14-12-26(13-15-27)20-10-4-5-11-25-20/h1-11,16H,12-15,17H2. The molecule has 2 aliphatic heterocycles. The molecule has 0 saturated carbocycles. The lowest BCUT2D eigenvalue weighted by Crippen LogP contribution is -2.47. The first kappa shape index (κ1) is 19.5. The number of nitrogens with zero attached hydrogens (tertiary/aromatic N) is 4. The van der Waals surface area contributed by atoms with Gasteiger partial charge in [0, 0.05) is 37.3 Å². The van der Waals surface area contributed by atoms with Crippen LogP contribution < -0.4 is 4.90 Å². The molecule has 3 aromatic rings. The van der Waals surface area contributed by atoms with Crippen LogP contribution in [0.1, 0.15) is 10.4 Å². The molecule has 1 fully saturated rings. The Morgan fingerprint density at radius 2 is 1.55 bits per heavy atom. The number of pyridine rings is 1. The number of carbonyl (C=O) groups is 2. The van der Waals surface area contributed by atoms with Crippen LogP contribution >= 0.6 is 11.3 Å². The molecule has 0 bridgehead atoms. The Morgan fingerprint density at radius 3 is 2.23 bits per heavy atom. The van der Waals surface area contributed by atoms with Crippen LogP contribution in [0.3, 0.4) is 0 Å². The van der Waals surface area contributed by atoms with E-state index in [-0.39, 0.29) is 18.4 Å². The van der Waals surface area contributed by atoms with Gasteiger partial charge in [-0.3, -0.25) is 14.5 Å². The number of aromatic nitrogens is 1. The van der Waals surface area contributed by atoms with Gasteiger partial charge >= 0.3 is 0 Å². The summed E-state index contributed by atoms with van der Waals surface area (Å²) in [7, 11) is 0. The fourth-order valence-electron chi connectivity index (χ4n) is 4.11. The lowest BCUT2D eigenvalue weighted by atomic mass is 10.1. The largest absolute Gasteiger partial charge is 0.363 e. The molecule has 0 aliphatic carbocycles. The van der Waals surface area contributed by atoms with E-state index in [4.69, 9.17) is 0 Å². The molecule has 5 rings (SSSR count). The zero-order valence-electron chi connectivity index (χ0n) is 17.0. The van der Waals surface area contributed by atoms with Crippen LogP contribution in [0.2, 0.25) is 0 Å². The molecule has 0 unspecified atom stereocenters. The summed E-state index contributed by atoms with van der Waals surface area (Å²) in [6, 6.07) is 19.4. The average molecular weight is 431 g/mol. The highest BCUT2D eigenvalue weighted by atomic mass is 32.1. The Morgan fingerprint density at radius 1 is 0.806 bits per heavy atom. The smallest absolute Gasteiger partial charge is 0.278 e. The van der Waals surface area contributed by atoms with E-state index >= 15 is 0 Å². The molecule has 1 saturated heterocycles. The maximum absolute atomic E-state index is 13.5. The van der Waals surface area contributed by atoms with Crippen molar-refractivity contribution in [2.75, 3.05) is 31.1 Å². The molecule has 0 radical (unpaired) electrons. The van der Waals surface area contributed by atoms with Crippen molar-refractivity contribution in [2.24, 2.45) is 0 Å². The number of benzene rings is 1. The normalized spacial score (nSPS) is 17.1. The van der Waals surface area contributed by atoms with Gasteiger partial charge in [0.2, 0.25) is 0 Å². The number of rotatable bonds is 5. The van der Waals surface area contributed by atoms with E-state index in [1.807, 2.05) is 66.0 Å². The number of hydrogen-bond donors (Lipinski definition) is 0. The van der Waals surface area contributed by atoms with E-state index in [1.54, 1.807) is 6.20 Å². The lowest BCUT2D eigenvalue weighted by molar-refractivity contribution is -0.138. The number of hydrogen-bond acceptors (Lipinski definition) is 6. The highest BCUT2D eigenvalue weighted by Gasteiger charge is 2.42. The molecular weight excluding hydrogens is 408 g/mol. The number of piperazine rings is 1. The van der Waals surface area contributed by atoms with E-state index in [0.29, 0.717) is 24.4 Å². The minimum Gasteiger partial charge on any atom is -0.363 e. The topological polar surface area (TPSA) is 56.8 Å². The van der Waals surface area contributed by atoms with Crippen molar-refractivity contribution in [1.82, 2.24) is 14.8 Å². The monoisotopic (exact) mass is 430 g/mol. The van der Waals surface area contributed by atoms with Gasteiger partial charge in [-0.1, -0.05) is 42.5 Å². The molecule has 7 heteroatoms. The van der Waals surface area contributed by atoms with Gasteiger partial charge in [-0.05, 0) is 29.1 Å². The lowest BCUT2D eigenvalue weighted by Gasteiger charge is -2.37. The van der Waals surface area contributed by atoms with Crippen molar-refractivity contribution in [3.05, 3.63) is 88.4 Å². The van der Waals surface area contributed by atoms with E-state index in [9.17, 15) is 9.59 Å². The highest BCUT2D eigenvalue weighted by Crippen LogP contribution is 2.35. The third-order valence-electron chi connectivity index (χ3n) is 5.66. The van der Waals surface area contributed by atoms with E-state index in [2.05, 4.69) is 14.8 Å². The molecular formula is C24H22N4O2S. The Hall–Kier alpha value is -3.45. The first-order valence-electron chi connectivity index (χ1n) is 10.3. The molecule has 2 aromatic heterocycles. The van der Waals surface area contributed by atoms with Crippen molar-refractivity contribution < 1.29 is 9.59 Å². The SMILES string of the molecule is O=C1C(c2cccs2)=C(N2CCN(c3ccccn3)CC2)C(=O)N1Cc1ccccc1. The molecule has 31 heavy (non-hydrogen) atoms. The summed E-state index contributed by atoms with van der Waals surface area (Å²) < 4.78 is 0. The number of imide groups is 1. The molecule has 1 aromatic carbocycles. The van der Waals surface area contributed by atoms with Gasteiger partial charge in [0.25, 0.3) is 11.8 Å². The summed E-state index contributed by atoms with van der Waals surface area (Å²) in [5, 5.41) is 1.94. The van der Waals surface area contributed by atoms with Gasteiger partial charge in [0.1, 0.15) is 11.5 Å². The van der Waals surface area contributed by atoms with Crippen molar-refractivity contribution in [2.45, 2.75) is 6.54 Å². The number of thiophene rings is 1. The highest BCUT2D eigenvalue weighted by molar-refractivity contribution is 7.11. The maximum atomic E-state index is 13.5. The van der Waals surface area contributed by atoms with Crippen molar-refractivity contribution in [3.8, 4) is 0 Å². The molecule has 2 amide bonds. The molecule has 4 heterocycles. The van der Waals surface area contributed by atoms with Crippen molar-refractivity contribution in [3.63, 3.8) is 0 Å². The van der Waals surface area contributed by atoms with E-state index in [0.717, 1.165) is 29.3 Å². The Labute approximate surface area is 185 Å². The Balaban J connectivity index is 1.42. The van der Waals surface area contributed by atoms with Gasteiger partial charge in [-0.15, -0.1) is 11.3 Å². The minimum atomic E-state index is -0.210. The molecule has 156 valence electrons. The fourth-order valence-corrected chi connectivity index (χ4v) is 4.87. The van der Waals surface area contributed by atoms with Gasteiger partial charge < -0.3 is 9.80 Å². The first-order chi connectivity index (χ1) is 15.2. The zero-order chi connectivity index (χ0) is 21.2. The van der Waals surface area contributed by atoms with Crippen LogP contribution in [-0.4, -0.2) is 52.8 Å². The van der Waals surface area contributed by atoms with Crippen molar-refractivity contribution >= 4 is 34.5 Å². The summed E-state index contributed by atoms with van der Waals surface area (Å²) in [6.45, 7) is 3.11. The second kappa shape index (κ2) is 8.35. The molecule has 0 spiro atoms. The van der Waals surface area contributed by atoms with Crippen LogP contribution in [-0.2, 0) is 16.1 Å². The number of anilines is 1. The molecule has 2 aliphatic rings. The Bertz CT molecular complexity index is 1110. The summed E-state index contributed by atoms with van der Waals surface area (Å²) >= 11 is 1.49. The summed E-state index contributed by atoms with van der Waals surface area (Å²) in [5.74, 6) is 0.524. The Kier molecular flexibility index (Phi) is 5.26. The maximum Gasteiger partial charge on any atom is 0.278 e. The average Bonchev–Trinajstić information content (AvgIpc) is 3.43. The summed E-state index contributed by atoms with van der Waals surface area (Å²) in [5.41, 5.74) is 2.00. The van der Waals surface area contributed by atoms with E-state index < -0.39 is 0 Å². The van der Waals surface area contributed by atoms with Gasteiger partial charge in [0.15, 0.2) is 0 Å². The second-order valence-corrected chi connectivity index (χ2v) is 8.49. The fraction of sp³-hybridized carbons (Fsp3) is 0.208. The van der Waals surface area contributed by atoms with Crippen LogP contribution in [0.25, 0.3) is 5.57 Å². The number of carbonyl (C=O) groups excluding carboxylic acids is 2. The predicted molar refractivity (Wildman–Crippen MR) is 121 cm³/mol. The van der Waals surface area contributed by atoms with E-state index in [1.165, 1.54) is 16.2 Å². The third kappa shape index (κ3) is 3.72. The summed E-state index contributed by atoms with van der Waals surface area (Å²) in [4.78, 5) is 37.8. The predicted octanol–water partition coefficient (Wildman–Crippen LogP) is 3.25. The quantitative estimate of drug-likeness (QED) is 0.582. The molecule has 0 N–H and O–H groups in total. The second-order valence-electron chi connectivity index (χ2n) is 7.54. The van der Waals surface area contributed by atoms with Gasteiger partial charge in [0.05, 0.1) is 12.1 Å². The third-order valence-corrected chi connectivity index (χ3v) is 6.55. The van der Waals surface area contributed by atoms with Gasteiger partial charge in [-0.25, -0.2) is 4.98 Å². The van der Waals surface area contributed by atoms with Gasteiger partial charge in [-0.2, -0.15) is 0 Å². The van der Waals surface area contributed by atoms with Crippen LogP contribution in [0.5, 0.6) is 0 Å². The van der Waals surface area contributed by atoms with Crippen molar-refractivity contribution in [1.29, 1.82) is 0 Å².